The number of sulfone groups is 1. The third-order valence-corrected chi connectivity index (χ3v) is 5.64. The summed E-state index contributed by atoms with van der Waals surface area (Å²) < 4.78 is 28.5. The highest BCUT2D eigenvalue weighted by molar-refractivity contribution is 7.93. The minimum atomic E-state index is -3.45. The Bertz CT molecular complexity index is 605. The summed E-state index contributed by atoms with van der Waals surface area (Å²) in [5, 5.41) is 3.06. The lowest BCUT2D eigenvalue weighted by atomic mass is 10.1. The van der Waals surface area contributed by atoms with Crippen LogP contribution in [0.25, 0.3) is 0 Å². The fraction of sp³-hybridized carbons (Fsp3) is 0.417. The van der Waals surface area contributed by atoms with E-state index in [9.17, 15) is 13.2 Å². The number of carbonyl (C=O) groups is 1. The molecular formula is C12H15NO4S. The third kappa shape index (κ3) is 1.77. The van der Waals surface area contributed by atoms with E-state index in [1.54, 1.807) is 26.0 Å². The van der Waals surface area contributed by atoms with Gasteiger partial charge in [0.05, 0.1) is 28.0 Å². The molecule has 0 aliphatic carbocycles. The topological polar surface area (TPSA) is 72.5 Å². The van der Waals surface area contributed by atoms with Gasteiger partial charge in [-0.15, -0.1) is 0 Å². The summed E-state index contributed by atoms with van der Waals surface area (Å²) >= 11 is 0. The highest BCUT2D eigenvalue weighted by Gasteiger charge is 2.41. The fourth-order valence-electron chi connectivity index (χ4n) is 1.84. The van der Waals surface area contributed by atoms with Crippen molar-refractivity contribution in [3.8, 4) is 0 Å². The summed E-state index contributed by atoms with van der Waals surface area (Å²) in [6.45, 7) is 3.66. The smallest absolute Gasteiger partial charge is 0.337 e. The first-order valence-electron chi connectivity index (χ1n) is 5.50. The van der Waals surface area contributed by atoms with Gasteiger partial charge < -0.3 is 10.1 Å². The molecule has 98 valence electrons. The Morgan fingerprint density at radius 3 is 2.67 bits per heavy atom. The van der Waals surface area contributed by atoms with Crippen molar-refractivity contribution < 1.29 is 17.9 Å². The van der Waals surface area contributed by atoms with Crippen LogP contribution in [0.3, 0.4) is 0 Å². The second kappa shape index (κ2) is 3.98. The van der Waals surface area contributed by atoms with E-state index in [1.165, 1.54) is 13.2 Å². The molecule has 1 N–H and O–H groups in total. The first-order valence-corrected chi connectivity index (χ1v) is 6.99. The number of fused-ring (bicyclic) bond motifs is 1. The zero-order valence-corrected chi connectivity index (χ0v) is 11.3. The molecule has 0 aromatic heterocycles. The molecule has 0 bridgehead atoms. The first kappa shape index (κ1) is 12.9. The lowest BCUT2D eigenvalue weighted by molar-refractivity contribution is 0.0600. The van der Waals surface area contributed by atoms with E-state index >= 15 is 0 Å². The number of carbonyl (C=O) groups excluding carboxylic acids is 1. The van der Waals surface area contributed by atoms with Crippen molar-refractivity contribution >= 4 is 21.5 Å². The van der Waals surface area contributed by atoms with Crippen LogP contribution in [0.2, 0.25) is 0 Å². The van der Waals surface area contributed by atoms with Gasteiger partial charge in [-0.2, -0.15) is 0 Å². The van der Waals surface area contributed by atoms with Gasteiger partial charge >= 0.3 is 5.97 Å². The maximum absolute atomic E-state index is 12.4. The summed E-state index contributed by atoms with van der Waals surface area (Å²) in [6.07, 6.45) is 0. The second-order valence-corrected chi connectivity index (χ2v) is 7.37. The maximum Gasteiger partial charge on any atom is 0.337 e. The highest BCUT2D eigenvalue weighted by atomic mass is 32.2. The monoisotopic (exact) mass is 269 g/mol. The van der Waals surface area contributed by atoms with E-state index < -0.39 is 20.6 Å². The van der Waals surface area contributed by atoms with Gasteiger partial charge in [0.2, 0.25) is 0 Å². The molecule has 0 amide bonds. The van der Waals surface area contributed by atoms with Gasteiger partial charge in [-0.05, 0) is 32.0 Å². The molecule has 1 aromatic rings. The maximum atomic E-state index is 12.4. The predicted molar refractivity (Wildman–Crippen MR) is 67.5 cm³/mol. The second-order valence-electron chi connectivity index (χ2n) is 4.82. The van der Waals surface area contributed by atoms with Crippen LogP contribution < -0.4 is 5.32 Å². The molecule has 1 heterocycles. The average molecular weight is 269 g/mol. The molecule has 0 atom stereocenters. The van der Waals surface area contributed by atoms with Crippen molar-refractivity contribution in [2.75, 3.05) is 19.0 Å². The van der Waals surface area contributed by atoms with E-state index in [0.717, 1.165) is 0 Å². The van der Waals surface area contributed by atoms with E-state index in [4.69, 9.17) is 0 Å². The summed E-state index contributed by atoms with van der Waals surface area (Å²) in [5.41, 5.74) is 0.765. The minimum Gasteiger partial charge on any atom is -0.465 e. The van der Waals surface area contributed by atoms with Gasteiger partial charge in [0, 0.05) is 6.54 Å². The Labute approximate surface area is 106 Å². The van der Waals surface area contributed by atoms with E-state index in [-0.39, 0.29) is 10.5 Å². The summed E-state index contributed by atoms with van der Waals surface area (Å²) in [4.78, 5) is 11.6. The number of benzene rings is 1. The summed E-state index contributed by atoms with van der Waals surface area (Å²) in [7, 11) is -2.19. The zero-order valence-electron chi connectivity index (χ0n) is 10.5. The standard InChI is InChI=1S/C12H15NO4S/c1-12(2)7-13-9-5-4-8(11(14)17-3)6-10(9)18(12,15)16/h4-6,13H,7H2,1-3H3. The molecule has 0 spiro atoms. The zero-order chi connectivity index (χ0) is 13.6. The Kier molecular flexibility index (Phi) is 2.85. The molecule has 0 saturated heterocycles. The molecule has 18 heavy (non-hydrogen) atoms. The van der Waals surface area contributed by atoms with Crippen molar-refractivity contribution in [1.29, 1.82) is 0 Å². The molecule has 0 radical (unpaired) electrons. The Hall–Kier alpha value is -1.56. The number of anilines is 1. The molecule has 1 aliphatic heterocycles. The van der Waals surface area contributed by atoms with Gasteiger partial charge in [0.25, 0.3) is 0 Å². The van der Waals surface area contributed by atoms with E-state index in [0.29, 0.717) is 12.2 Å². The van der Waals surface area contributed by atoms with Crippen LogP contribution in [0.1, 0.15) is 24.2 Å². The van der Waals surface area contributed by atoms with Crippen molar-refractivity contribution in [3.05, 3.63) is 23.8 Å². The highest BCUT2D eigenvalue weighted by Crippen LogP contribution is 2.36. The number of ether oxygens (including phenoxy) is 1. The normalized spacial score (nSPS) is 19.5. The predicted octanol–water partition coefficient (Wildman–Crippen LogP) is 1.45. The SMILES string of the molecule is COC(=O)c1ccc2c(c1)S(=O)(=O)C(C)(C)CN2. The van der Waals surface area contributed by atoms with Gasteiger partial charge in [-0.25, -0.2) is 13.2 Å². The molecular weight excluding hydrogens is 254 g/mol. The number of hydrogen-bond donors (Lipinski definition) is 1. The molecule has 0 saturated carbocycles. The third-order valence-electron chi connectivity index (χ3n) is 3.12. The minimum absolute atomic E-state index is 0.154. The number of methoxy groups -OCH3 is 1. The Morgan fingerprint density at radius 2 is 2.06 bits per heavy atom. The van der Waals surface area contributed by atoms with Gasteiger partial charge in [-0.1, -0.05) is 0 Å². The van der Waals surface area contributed by atoms with Gasteiger partial charge in [0.15, 0.2) is 9.84 Å². The average Bonchev–Trinajstić information content (AvgIpc) is 2.33. The number of hydrogen-bond acceptors (Lipinski definition) is 5. The summed E-state index contributed by atoms with van der Waals surface area (Å²) in [5.74, 6) is -0.545. The van der Waals surface area contributed by atoms with Crippen LogP contribution in [-0.4, -0.2) is 32.8 Å². The lowest BCUT2D eigenvalue weighted by Gasteiger charge is -2.32. The molecule has 2 rings (SSSR count). The van der Waals surface area contributed by atoms with Crippen molar-refractivity contribution in [1.82, 2.24) is 0 Å². The van der Waals surface area contributed by atoms with Crippen LogP contribution in [0.4, 0.5) is 5.69 Å². The lowest BCUT2D eigenvalue weighted by Crippen LogP contribution is -2.43. The summed E-state index contributed by atoms with van der Waals surface area (Å²) in [6, 6.07) is 4.50. The Balaban J connectivity index is 2.62. The largest absolute Gasteiger partial charge is 0.465 e. The van der Waals surface area contributed by atoms with Crippen LogP contribution in [0.5, 0.6) is 0 Å². The number of rotatable bonds is 1. The first-order chi connectivity index (χ1) is 8.29. The number of esters is 1. The molecule has 1 aromatic carbocycles. The van der Waals surface area contributed by atoms with E-state index in [1.807, 2.05) is 0 Å². The molecule has 0 fully saturated rings. The fourth-order valence-corrected chi connectivity index (χ4v) is 3.41. The quantitative estimate of drug-likeness (QED) is 0.781. The molecule has 6 heteroatoms. The van der Waals surface area contributed by atoms with Gasteiger partial charge in [0.1, 0.15) is 0 Å². The molecule has 5 nitrogen and oxygen atoms in total. The van der Waals surface area contributed by atoms with Crippen molar-refractivity contribution in [2.45, 2.75) is 23.5 Å². The molecule has 1 aliphatic rings. The number of nitrogens with one attached hydrogen (secondary N) is 1. The van der Waals surface area contributed by atoms with Crippen LogP contribution in [0.15, 0.2) is 23.1 Å². The van der Waals surface area contributed by atoms with E-state index in [2.05, 4.69) is 10.1 Å². The van der Waals surface area contributed by atoms with Crippen LogP contribution in [0, 0.1) is 0 Å². The van der Waals surface area contributed by atoms with Crippen LogP contribution >= 0.6 is 0 Å². The Morgan fingerprint density at radius 1 is 1.39 bits per heavy atom. The van der Waals surface area contributed by atoms with Crippen molar-refractivity contribution in [2.24, 2.45) is 0 Å². The van der Waals surface area contributed by atoms with Crippen LogP contribution in [-0.2, 0) is 14.6 Å². The molecule has 0 unspecified atom stereocenters. The van der Waals surface area contributed by atoms with Gasteiger partial charge in [-0.3, -0.25) is 0 Å². The van der Waals surface area contributed by atoms with Crippen molar-refractivity contribution in [3.63, 3.8) is 0 Å².